The van der Waals surface area contributed by atoms with Crippen LogP contribution in [0.25, 0.3) is 0 Å². The standard InChI is InChI=1S/C37H37N3O4/c41-30-14-15-32-34(22-30)44-24-33(26-4-2-1-3-5-26)36(32)28-10-12-29(13-11-28)40-20-18-39(19-21-40)23-25-6-8-27(9-7-25)31-16-17-35(42)38-37(31)43/h1-15,22,31,33,36,41H,16-21,23-24H2,(H,38,42,43)/t31?,33-,36-/m1/s1. The first-order chi connectivity index (χ1) is 21.5. The second-order valence-corrected chi connectivity index (χ2v) is 12.1. The number of phenols is 1. The minimum Gasteiger partial charge on any atom is -0.508 e. The number of piperidine rings is 1. The molecule has 224 valence electrons. The molecule has 0 bridgehead atoms. The Labute approximate surface area is 258 Å². The lowest BCUT2D eigenvalue weighted by atomic mass is 9.76. The molecule has 0 saturated carbocycles. The smallest absolute Gasteiger partial charge is 0.234 e. The van der Waals surface area contributed by atoms with Gasteiger partial charge in [0.1, 0.15) is 11.5 Å². The summed E-state index contributed by atoms with van der Waals surface area (Å²) in [5.41, 5.74) is 7.05. The Hall–Kier alpha value is -4.62. The molecule has 0 spiro atoms. The molecular weight excluding hydrogens is 550 g/mol. The quantitative estimate of drug-likeness (QED) is 0.288. The fourth-order valence-electron chi connectivity index (χ4n) is 6.98. The highest BCUT2D eigenvalue weighted by Gasteiger charge is 2.34. The highest BCUT2D eigenvalue weighted by molar-refractivity contribution is 6.00. The maximum Gasteiger partial charge on any atom is 0.234 e. The van der Waals surface area contributed by atoms with E-state index in [1.807, 2.05) is 24.3 Å². The molecule has 2 saturated heterocycles. The Morgan fingerprint density at radius 1 is 0.795 bits per heavy atom. The first-order valence-corrected chi connectivity index (χ1v) is 15.5. The summed E-state index contributed by atoms with van der Waals surface area (Å²) in [6.45, 7) is 5.31. The number of phenolic OH excluding ortho intramolecular Hbond substituents is 1. The molecule has 3 heterocycles. The molecule has 2 amide bonds. The van der Waals surface area contributed by atoms with Gasteiger partial charge >= 0.3 is 0 Å². The lowest BCUT2D eigenvalue weighted by molar-refractivity contribution is -0.134. The van der Waals surface area contributed by atoms with Gasteiger partial charge in [-0.2, -0.15) is 0 Å². The largest absolute Gasteiger partial charge is 0.508 e. The number of carbonyl (C=O) groups excluding carboxylic acids is 2. The van der Waals surface area contributed by atoms with Gasteiger partial charge in [0.25, 0.3) is 0 Å². The van der Waals surface area contributed by atoms with E-state index in [9.17, 15) is 14.7 Å². The summed E-state index contributed by atoms with van der Waals surface area (Å²) in [6, 6.07) is 33.3. The number of nitrogens with one attached hydrogen (secondary N) is 1. The van der Waals surface area contributed by atoms with Crippen molar-refractivity contribution in [3.8, 4) is 11.5 Å². The van der Waals surface area contributed by atoms with E-state index in [4.69, 9.17) is 4.74 Å². The molecule has 44 heavy (non-hydrogen) atoms. The van der Waals surface area contributed by atoms with Crippen LogP contribution >= 0.6 is 0 Å². The van der Waals surface area contributed by atoms with Gasteiger partial charge in [0.15, 0.2) is 0 Å². The third-order valence-electron chi connectivity index (χ3n) is 9.40. The Morgan fingerprint density at radius 3 is 2.25 bits per heavy atom. The lowest BCUT2D eigenvalue weighted by Gasteiger charge is -2.37. The van der Waals surface area contributed by atoms with Gasteiger partial charge in [0.2, 0.25) is 11.8 Å². The fourth-order valence-corrected chi connectivity index (χ4v) is 6.98. The molecular formula is C37H37N3O4. The lowest BCUT2D eigenvalue weighted by Crippen LogP contribution is -2.46. The average molecular weight is 588 g/mol. The Morgan fingerprint density at radius 2 is 1.52 bits per heavy atom. The monoisotopic (exact) mass is 587 g/mol. The molecule has 3 atom stereocenters. The van der Waals surface area contributed by atoms with Gasteiger partial charge in [0.05, 0.1) is 12.5 Å². The number of aromatic hydroxyl groups is 1. The molecule has 3 aliphatic rings. The van der Waals surface area contributed by atoms with Crippen molar-refractivity contribution in [2.24, 2.45) is 0 Å². The SMILES string of the molecule is O=C1CCC(c2ccc(CN3CCN(c4ccc([C@@H]5c6ccc(O)cc6OC[C@@H]5c5ccccc5)cc4)CC3)cc2)C(=O)N1. The van der Waals surface area contributed by atoms with E-state index in [2.05, 4.69) is 75.8 Å². The summed E-state index contributed by atoms with van der Waals surface area (Å²) >= 11 is 0. The number of benzene rings is 4. The van der Waals surface area contributed by atoms with E-state index in [1.54, 1.807) is 12.1 Å². The number of imide groups is 1. The molecule has 2 N–H and O–H groups in total. The summed E-state index contributed by atoms with van der Waals surface area (Å²) < 4.78 is 6.14. The van der Waals surface area contributed by atoms with Crippen molar-refractivity contribution in [2.75, 3.05) is 37.7 Å². The molecule has 0 aliphatic carbocycles. The highest BCUT2D eigenvalue weighted by Crippen LogP contribution is 2.47. The van der Waals surface area contributed by atoms with Gasteiger partial charge in [0, 0.05) is 68.3 Å². The molecule has 4 aromatic carbocycles. The molecule has 7 heteroatoms. The van der Waals surface area contributed by atoms with Crippen molar-refractivity contribution >= 4 is 17.5 Å². The molecule has 0 radical (unpaired) electrons. The first-order valence-electron chi connectivity index (χ1n) is 15.5. The van der Waals surface area contributed by atoms with E-state index in [1.165, 1.54) is 22.4 Å². The minimum atomic E-state index is -0.240. The zero-order valence-electron chi connectivity index (χ0n) is 24.7. The normalized spacial score (nSPS) is 22.2. The molecule has 7 rings (SSSR count). The molecule has 0 aromatic heterocycles. The summed E-state index contributed by atoms with van der Waals surface area (Å²) in [5, 5.41) is 12.5. The zero-order chi connectivity index (χ0) is 30.0. The molecule has 7 nitrogen and oxygen atoms in total. The topological polar surface area (TPSA) is 82.1 Å². The van der Waals surface area contributed by atoms with Crippen LogP contribution in [-0.2, 0) is 16.1 Å². The predicted octanol–water partition coefficient (Wildman–Crippen LogP) is 5.54. The summed E-state index contributed by atoms with van der Waals surface area (Å²) in [7, 11) is 0. The predicted molar refractivity (Wildman–Crippen MR) is 170 cm³/mol. The van der Waals surface area contributed by atoms with Crippen LogP contribution in [0.1, 0.15) is 58.4 Å². The van der Waals surface area contributed by atoms with Crippen LogP contribution in [0.15, 0.2) is 97.1 Å². The highest BCUT2D eigenvalue weighted by atomic mass is 16.5. The van der Waals surface area contributed by atoms with Crippen molar-refractivity contribution in [1.29, 1.82) is 0 Å². The molecule has 2 fully saturated rings. The second-order valence-electron chi connectivity index (χ2n) is 12.1. The Balaban J connectivity index is 1.00. The Kier molecular flexibility index (Phi) is 7.79. The number of hydrogen-bond donors (Lipinski definition) is 2. The van der Waals surface area contributed by atoms with Gasteiger partial charge in [-0.3, -0.25) is 19.8 Å². The number of ether oxygens (including phenoxy) is 1. The fraction of sp³-hybridized carbons (Fsp3) is 0.297. The number of nitrogens with zero attached hydrogens (tertiary/aromatic N) is 2. The summed E-state index contributed by atoms with van der Waals surface area (Å²) in [4.78, 5) is 28.6. The number of fused-ring (bicyclic) bond motifs is 1. The summed E-state index contributed by atoms with van der Waals surface area (Å²) in [6.07, 6.45) is 0.974. The minimum absolute atomic E-state index is 0.133. The van der Waals surface area contributed by atoms with Crippen LogP contribution in [0, 0.1) is 0 Å². The maximum absolute atomic E-state index is 12.2. The van der Waals surface area contributed by atoms with Crippen LogP contribution in [0.3, 0.4) is 0 Å². The molecule has 1 unspecified atom stereocenters. The zero-order valence-corrected chi connectivity index (χ0v) is 24.7. The average Bonchev–Trinajstić information content (AvgIpc) is 3.05. The number of rotatable bonds is 6. The number of amides is 2. The van der Waals surface area contributed by atoms with Gasteiger partial charge < -0.3 is 14.7 Å². The van der Waals surface area contributed by atoms with Gasteiger partial charge in [-0.25, -0.2) is 0 Å². The van der Waals surface area contributed by atoms with Crippen molar-refractivity contribution in [3.05, 3.63) is 125 Å². The second kappa shape index (κ2) is 12.2. The van der Waals surface area contributed by atoms with Crippen LogP contribution in [-0.4, -0.2) is 54.6 Å². The van der Waals surface area contributed by atoms with Crippen LogP contribution in [0.5, 0.6) is 11.5 Å². The van der Waals surface area contributed by atoms with E-state index in [-0.39, 0.29) is 35.3 Å². The molecule has 3 aliphatic heterocycles. The van der Waals surface area contributed by atoms with Gasteiger partial charge in [-0.05, 0) is 46.9 Å². The maximum atomic E-state index is 12.2. The number of piperazine rings is 1. The van der Waals surface area contributed by atoms with Gasteiger partial charge in [-0.1, -0.05) is 72.8 Å². The number of hydrogen-bond acceptors (Lipinski definition) is 6. The van der Waals surface area contributed by atoms with Crippen molar-refractivity contribution in [2.45, 2.75) is 37.1 Å². The van der Waals surface area contributed by atoms with Crippen molar-refractivity contribution in [1.82, 2.24) is 10.2 Å². The van der Waals surface area contributed by atoms with Crippen molar-refractivity contribution < 1.29 is 19.4 Å². The summed E-state index contributed by atoms with van der Waals surface area (Å²) in [5.74, 6) is 0.686. The first kappa shape index (κ1) is 28.2. The third-order valence-corrected chi connectivity index (χ3v) is 9.40. The third kappa shape index (κ3) is 5.80. The van der Waals surface area contributed by atoms with Crippen LogP contribution in [0.2, 0.25) is 0 Å². The van der Waals surface area contributed by atoms with E-state index in [0.717, 1.165) is 49.6 Å². The van der Waals surface area contributed by atoms with Crippen LogP contribution in [0.4, 0.5) is 5.69 Å². The van der Waals surface area contributed by atoms with Gasteiger partial charge in [-0.15, -0.1) is 0 Å². The van der Waals surface area contributed by atoms with Crippen molar-refractivity contribution in [3.63, 3.8) is 0 Å². The number of anilines is 1. The molecule has 4 aromatic rings. The van der Waals surface area contributed by atoms with E-state index < -0.39 is 0 Å². The van der Waals surface area contributed by atoms with Crippen LogP contribution < -0.4 is 15.0 Å². The van der Waals surface area contributed by atoms with E-state index in [0.29, 0.717) is 19.4 Å². The Bertz CT molecular complexity index is 1630. The number of carbonyl (C=O) groups is 2. The van der Waals surface area contributed by atoms with E-state index >= 15 is 0 Å².